The summed E-state index contributed by atoms with van der Waals surface area (Å²) in [7, 11) is 3.56. The Hall–Kier alpha value is -0.610. The minimum absolute atomic E-state index is 0.169. The first-order chi connectivity index (χ1) is 7.54. The third-order valence-corrected chi connectivity index (χ3v) is 3.81. The van der Waals surface area contributed by atoms with Gasteiger partial charge in [0.15, 0.2) is 0 Å². The minimum Gasteiger partial charge on any atom is -0.378 e. The Morgan fingerprint density at radius 2 is 2.19 bits per heavy atom. The lowest BCUT2D eigenvalue weighted by Gasteiger charge is -2.41. The van der Waals surface area contributed by atoms with E-state index >= 15 is 0 Å². The van der Waals surface area contributed by atoms with Crippen LogP contribution in [0.2, 0.25) is 0 Å². The number of hydrogen-bond acceptors (Lipinski definition) is 3. The van der Waals surface area contributed by atoms with Crippen molar-refractivity contribution in [2.24, 2.45) is 5.73 Å². The Balaban J connectivity index is 2.44. The normalized spacial score (nSPS) is 20.0. The lowest BCUT2D eigenvalue weighted by Crippen LogP contribution is -2.46. The maximum atomic E-state index is 12.0. The Morgan fingerprint density at radius 1 is 1.56 bits per heavy atom. The molecule has 1 aliphatic carbocycles. The average molecular weight is 228 g/mol. The largest absolute Gasteiger partial charge is 0.378 e. The molecule has 94 valence electrons. The van der Waals surface area contributed by atoms with Crippen molar-refractivity contribution in [3.8, 4) is 0 Å². The molecule has 1 fully saturated rings. The highest BCUT2D eigenvalue weighted by Gasteiger charge is 2.39. The van der Waals surface area contributed by atoms with Crippen LogP contribution in [0.1, 0.15) is 39.0 Å². The van der Waals surface area contributed by atoms with Crippen LogP contribution in [0.3, 0.4) is 0 Å². The lowest BCUT2D eigenvalue weighted by atomic mass is 9.77. The van der Waals surface area contributed by atoms with E-state index in [0.717, 1.165) is 19.3 Å². The second kappa shape index (κ2) is 5.64. The summed E-state index contributed by atoms with van der Waals surface area (Å²) in [5.74, 6) is 0.169. The predicted molar refractivity (Wildman–Crippen MR) is 64.1 cm³/mol. The van der Waals surface area contributed by atoms with Crippen LogP contribution >= 0.6 is 0 Å². The number of carbonyl (C=O) groups excluding carboxylic acids is 1. The molecule has 0 saturated heterocycles. The molecule has 1 amide bonds. The van der Waals surface area contributed by atoms with Gasteiger partial charge in [-0.2, -0.15) is 0 Å². The van der Waals surface area contributed by atoms with Crippen LogP contribution in [-0.2, 0) is 9.53 Å². The van der Waals surface area contributed by atoms with Crippen molar-refractivity contribution < 1.29 is 9.53 Å². The summed E-state index contributed by atoms with van der Waals surface area (Å²) < 4.78 is 5.46. The highest BCUT2D eigenvalue weighted by atomic mass is 16.5. The van der Waals surface area contributed by atoms with Crippen molar-refractivity contribution in [3.63, 3.8) is 0 Å². The third-order valence-electron chi connectivity index (χ3n) is 3.81. The first-order valence-electron chi connectivity index (χ1n) is 6.05. The summed E-state index contributed by atoms with van der Waals surface area (Å²) in [6.07, 6.45) is 4.54. The molecule has 1 aliphatic rings. The monoisotopic (exact) mass is 228 g/mol. The predicted octanol–water partition coefficient (Wildman–Crippen LogP) is 1.14. The van der Waals surface area contributed by atoms with Crippen LogP contribution in [0.5, 0.6) is 0 Å². The fraction of sp³-hybridized carbons (Fsp3) is 0.917. The Morgan fingerprint density at radius 3 is 2.56 bits per heavy atom. The fourth-order valence-electron chi connectivity index (χ4n) is 2.11. The van der Waals surface area contributed by atoms with E-state index in [1.54, 1.807) is 12.0 Å². The molecule has 2 N–H and O–H groups in total. The van der Waals surface area contributed by atoms with E-state index in [1.165, 1.54) is 6.42 Å². The van der Waals surface area contributed by atoms with E-state index in [-0.39, 0.29) is 17.6 Å². The van der Waals surface area contributed by atoms with E-state index in [9.17, 15) is 4.79 Å². The van der Waals surface area contributed by atoms with Gasteiger partial charge in [0.25, 0.3) is 0 Å². The SMILES string of the molecule is COC1(CC(=O)N(C)C(C)CCN)CCC1. The fourth-order valence-corrected chi connectivity index (χ4v) is 2.11. The molecule has 0 aromatic heterocycles. The number of methoxy groups -OCH3 is 1. The van der Waals surface area contributed by atoms with Gasteiger partial charge in [-0.25, -0.2) is 0 Å². The second-order valence-corrected chi connectivity index (χ2v) is 4.85. The van der Waals surface area contributed by atoms with Crippen LogP contribution in [0.25, 0.3) is 0 Å². The highest BCUT2D eigenvalue weighted by molar-refractivity contribution is 5.77. The molecule has 1 saturated carbocycles. The first kappa shape index (κ1) is 13.5. The number of amides is 1. The van der Waals surface area contributed by atoms with Crippen molar-refractivity contribution in [2.45, 2.75) is 50.7 Å². The van der Waals surface area contributed by atoms with Crippen molar-refractivity contribution in [1.29, 1.82) is 0 Å². The van der Waals surface area contributed by atoms with Crippen molar-refractivity contribution in [1.82, 2.24) is 4.90 Å². The van der Waals surface area contributed by atoms with Gasteiger partial charge in [0.2, 0.25) is 5.91 Å². The summed E-state index contributed by atoms with van der Waals surface area (Å²) in [6.45, 7) is 2.65. The molecule has 1 unspecified atom stereocenters. The molecule has 0 aromatic rings. The molecular weight excluding hydrogens is 204 g/mol. The third kappa shape index (κ3) is 2.95. The van der Waals surface area contributed by atoms with Crippen LogP contribution in [0.15, 0.2) is 0 Å². The van der Waals surface area contributed by atoms with Crippen molar-refractivity contribution >= 4 is 5.91 Å². The summed E-state index contributed by atoms with van der Waals surface area (Å²) in [5.41, 5.74) is 5.32. The number of carbonyl (C=O) groups is 1. The standard InChI is InChI=1S/C12H24N2O2/c1-10(5-8-13)14(2)11(15)9-12(16-3)6-4-7-12/h10H,4-9,13H2,1-3H3. The number of rotatable bonds is 6. The van der Waals surface area contributed by atoms with E-state index in [4.69, 9.17) is 10.5 Å². The molecule has 4 heteroatoms. The molecule has 0 aliphatic heterocycles. The zero-order valence-corrected chi connectivity index (χ0v) is 10.7. The lowest BCUT2D eigenvalue weighted by molar-refractivity contribution is -0.144. The molecule has 16 heavy (non-hydrogen) atoms. The Kier molecular flexibility index (Phi) is 4.74. The van der Waals surface area contributed by atoms with Crippen LogP contribution in [0.4, 0.5) is 0 Å². The summed E-state index contributed by atoms with van der Waals surface area (Å²) >= 11 is 0. The van der Waals surface area contributed by atoms with Crippen LogP contribution in [0, 0.1) is 0 Å². The molecule has 0 heterocycles. The van der Waals surface area contributed by atoms with E-state index < -0.39 is 0 Å². The smallest absolute Gasteiger partial charge is 0.225 e. The molecule has 0 spiro atoms. The maximum Gasteiger partial charge on any atom is 0.225 e. The van der Waals surface area contributed by atoms with Gasteiger partial charge in [-0.3, -0.25) is 4.79 Å². The number of ether oxygens (including phenoxy) is 1. The number of nitrogens with two attached hydrogens (primary N) is 1. The van der Waals surface area contributed by atoms with Gasteiger partial charge >= 0.3 is 0 Å². The van der Waals surface area contributed by atoms with E-state index in [1.807, 2.05) is 14.0 Å². The van der Waals surface area contributed by atoms with Gasteiger partial charge in [0, 0.05) is 20.2 Å². The zero-order chi connectivity index (χ0) is 12.2. The topological polar surface area (TPSA) is 55.6 Å². The second-order valence-electron chi connectivity index (χ2n) is 4.85. The van der Waals surface area contributed by atoms with Crippen LogP contribution in [-0.4, -0.2) is 43.2 Å². The molecule has 0 aromatic carbocycles. The van der Waals surface area contributed by atoms with Gasteiger partial charge in [0.1, 0.15) is 0 Å². The van der Waals surface area contributed by atoms with Gasteiger partial charge in [-0.05, 0) is 39.2 Å². The van der Waals surface area contributed by atoms with E-state index in [0.29, 0.717) is 13.0 Å². The molecule has 1 atom stereocenters. The maximum absolute atomic E-state index is 12.0. The van der Waals surface area contributed by atoms with Crippen LogP contribution < -0.4 is 5.73 Å². The Labute approximate surface area is 98.1 Å². The van der Waals surface area contributed by atoms with Gasteiger partial charge in [-0.15, -0.1) is 0 Å². The molecule has 4 nitrogen and oxygen atoms in total. The summed E-state index contributed by atoms with van der Waals surface area (Å²) in [4.78, 5) is 13.8. The summed E-state index contributed by atoms with van der Waals surface area (Å²) in [5, 5.41) is 0. The zero-order valence-electron chi connectivity index (χ0n) is 10.7. The first-order valence-corrected chi connectivity index (χ1v) is 6.05. The molecular formula is C12H24N2O2. The average Bonchev–Trinajstić information content (AvgIpc) is 2.22. The van der Waals surface area contributed by atoms with Gasteiger partial charge < -0.3 is 15.4 Å². The van der Waals surface area contributed by atoms with Crippen molar-refractivity contribution in [3.05, 3.63) is 0 Å². The van der Waals surface area contributed by atoms with Gasteiger partial charge in [-0.1, -0.05) is 0 Å². The Bertz CT molecular complexity index is 234. The number of nitrogens with zero attached hydrogens (tertiary/aromatic N) is 1. The molecule has 0 radical (unpaired) electrons. The quantitative estimate of drug-likeness (QED) is 0.741. The van der Waals surface area contributed by atoms with E-state index in [2.05, 4.69) is 0 Å². The minimum atomic E-state index is -0.173. The summed E-state index contributed by atoms with van der Waals surface area (Å²) in [6, 6.07) is 0.214. The number of hydrogen-bond donors (Lipinski definition) is 1. The molecule has 0 bridgehead atoms. The molecule has 1 rings (SSSR count). The highest BCUT2D eigenvalue weighted by Crippen LogP contribution is 2.38. The van der Waals surface area contributed by atoms with Gasteiger partial charge in [0.05, 0.1) is 12.0 Å². The van der Waals surface area contributed by atoms with Crippen molar-refractivity contribution in [2.75, 3.05) is 20.7 Å².